The van der Waals surface area contributed by atoms with E-state index in [-0.39, 0.29) is 16.6 Å². The first kappa shape index (κ1) is 15.7. The first-order valence-electron chi connectivity index (χ1n) is 6.49. The summed E-state index contributed by atoms with van der Waals surface area (Å²) in [6.45, 7) is 1.67. The van der Waals surface area contributed by atoms with Crippen LogP contribution in [0.3, 0.4) is 0 Å². The van der Waals surface area contributed by atoms with Crippen molar-refractivity contribution in [1.29, 1.82) is 0 Å². The summed E-state index contributed by atoms with van der Waals surface area (Å²) in [6.07, 6.45) is 0. The number of benzene rings is 2. The van der Waals surface area contributed by atoms with Crippen LogP contribution in [-0.4, -0.2) is 22.1 Å². The topological polar surface area (TPSA) is 78.4 Å². The average molecular weight is 314 g/mol. The van der Waals surface area contributed by atoms with Gasteiger partial charge in [0.1, 0.15) is 0 Å². The van der Waals surface area contributed by atoms with Gasteiger partial charge in [-0.15, -0.1) is 0 Å². The third kappa shape index (κ3) is 3.67. The van der Waals surface area contributed by atoms with Crippen molar-refractivity contribution in [3.8, 4) is 0 Å². The second kappa shape index (κ2) is 6.82. The van der Waals surface area contributed by atoms with Crippen LogP contribution in [0.15, 0.2) is 48.5 Å². The fourth-order valence-corrected chi connectivity index (χ4v) is 2.12. The quantitative estimate of drug-likeness (QED) is 0.759. The van der Waals surface area contributed by atoms with Crippen molar-refractivity contribution < 1.29 is 14.7 Å². The summed E-state index contributed by atoms with van der Waals surface area (Å²) in [7, 11) is 0. The zero-order valence-corrected chi connectivity index (χ0v) is 12.6. The number of nitrogens with one attached hydrogen (secondary N) is 2. The van der Waals surface area contributed by atoms with Crippen LogP contribution in [0.25, 0.3) is 0 Å². The molecule has 2 aromatic rings. The maximum absolute atomic E-state index is 12.0. The van der Waals surface area contributed by atoms with Gasteiger partial charge in [0, 0.05) is 11.3 Å². The van der Waals surface area contributed by atoms with Crippen LogP contribution in [0.5, 0.6) is 0 Å². The van der Waals surface area contributed by atoms with E-state index in [1.807, 2.05) is 6.07 Å². The molecular formula is C16H14N2O3S. The van der Waals surface area contributed by atoms with Gasteiger partial charge in [0.05, 0.1) is 5.56 Å². The van der Waals surface area contributed by atoms with Gasteiger partial charge in [0.25, 0.3) is 5.91 Å². The number of hydrogen-bond acceptors (Lipinski definition) is 3. The van der Waals surface area contributed by atoms with E-state index in [2.05, 4.69) is 10.6 Å². The Hall–Kier alpha value is -2.73. The Morgan fingerprint density at radius 3 is 2.36 bits per heavy atom. The van der Waals surface area contributed by atoms with Crippen LogP contribution < -0.4 is 10.6 Å². The Bertz CT molecular complexity index is 729. The predicted octanol–water partition coefficient (Wildman–Crippen LogP) is 2.82. The van der Waals surface area contributed by atoms with Crippen LogP contribution in [-0.2, 0) is 0 Å². The van der Waals surface area contributed by atoms with Crippen molar-refractivity contribution in [3.05, 3.63) is 65.2 Å². The minimum absolute atomic E-state index is 0.111. The number of anilines is 1. The summed E-state index contributed by atoms with van der Waals surface area (Å²) in [5.41, 5.74) is 1.76. The molecule has 6 heteroatoms. The third-order valence-corrected chi connectivity index (χ3v) is 3.28. The van der Waals surface area contributed by atoms with Gasteiger partial charge in [-0.25, -0.2) is 4.79 Å². The Morgan fingerprint density at radius 2 is 1.73 bits per heavy atom. The molecule has 0 aliphatic rings. The second-order valence-electron chi connectivity index (χ2n) is 4.56. The standard InChI is InChI=1S/C16H14N2O3S/c1-10-12(15(20)21)8-5-9-13(10)17-16(22)18-14(19)11-6-3-2-4-7-11/h2-9H,1H3,(H,20,21)(H2,17,18,19,22). The number of amides is 1. The van der Waals surface area contributed by atoms with Gasteiger partial charge < -0.3 is 10.4 Å². The van der Waals surface area contributed by atoms with Crippen LogP contribution in [0.2, 0.25) is 0 Å². The number of rotatable bonds is 3. The Morgan fingerprint density at radius 1 is 1.05 bits per heavy atom. The lowest BCUT2D eigenvalue weighted by atomic mass is 10.1. The van der Waals surface area contributed by atoms with Gasteiger partial charge in [0.2, 0.25) is 0 Å². The van der Waals surface area contributed by atoms with Crippen molar-refractivity contribution in [2.75, 3.05) is 5.32 Å². The van der Waals surface area contributed by atoms with E-state index in [1.165, 1.54) is 6.07 Å². The summed E-state index contributed by atoms with van der Waals surface area (Å²) < 4.78 is 0. The van der Waals surface area contributed by atoms with Crippen molar-refractivity contribution in [1.82, 2.24) is 5.32 Å². The van der Waals surface area contributed by atoms with Crippen molar-refractivity contribution in [2.45, 2.75) is 6.92 Å². The first-order valence-corrected chi connectivity index (χ1v) is 6.90. The largest absolute Gasteiger partial charge is 0.478 e. The van der Waals surface area contributed by atoms with E-state index in [4.69, 9.17) is 17.3 Å². The monoisotopic (exact) mass is 314 g/mol. The minimum atomic E-state index is -1.01. The SMILES string of the molecule is Cc1c(NC(=S)NC(=O)c2ccccc2)cccc1C(=O)O. The highest BCUT2D eigenvalue weighted by molar-refractivity contribution is 7.80. The zero-order valence-electron chi connectivity index (χ0n) is 11.8. The van der Waals surface area contributed by atoms with Crippen LogP contribution in [0.1, 0.15) is 26.3 Å². The zero-order chi connectivity index (χ0) is 16.1. The number of carbonyl (C=O) groups is 2. The lowest BCUT2D eigenvalue weighted by Crippen LogP contribution is -2.34. The molecule has 0 radical (unpaired) electrons. The highest BCUT2D eigenvalue weighted by Gasteiger charge is 2.12. The molecule has 22 heavy (non-hydrogen) atoms. The number of thiocarbonyl (C=S) groups is 1. The maximum Gasteiger partial charge on any atom is 0.336 e. The summed E-state index contributed by atoms with van der Waals surface area (Å²) in [5, 5.41) is 14.6. The highest BCUT2D eigenvalue weighted by atomic mass is 32.1. The van der Waals surface area contributed by atoms with Gasteiger partial charge in [-0.05, 0) is 49.0 Å². The summed E-state index contributed by atoms with van der Waals surface area (Å²) >= 11 is 5.09. The van der Waals surface area contributed by atoms with Gasteiger partial charge >= 0.3 is 5.97 Å². The molecule has 0 fully saturated rings. The summed E-state index contributed by atoms with van der Waals surface area (Å²) in [5.74, 6) is -1.34. The molecule has 5 nitrogen and oxygen atoms in total. The molecular weight excluding hydrogens is 300 g/mol. The molecule has 0 unspecified atom stereocenters. The number of carbonyl (C=O) groups excluding carboxylic acids is 1. The number of carboxylic acid groups (broad SMARTS) is 1. The van der Waals surface area contributed by atoms with Crippen molar-refractivity contribution in [3.63, 3.8) is 0 Å². The second-order valence-corrected chi connectivity index (χ2v) is 4.97. The van der Waals surface area contributed by atoms with E-state index in [0.717, 1.165) is 0 Å². The van der Waals surface area contributed by atoms with Crippen molar-refractivity contribution in [2.24, 2.45) is 0 Å². The fourth-order valence-electron chi connectivity index (χ4n) is 1.92. The van der Waals surface area contributed by atoms with Gasteiger partial charge in [-0.3, -0.25) is 10.1 Å². The molecule has 0 saturated heterocycles. The molecule has 2 rings (SSSR count). The molecule has 0 bridgehead atoms. The van der Waals surface area contributed by atoms with Gasteiger partial charge in [0.15, 0.2) is 5.11 Å². The Labute approximate surface area is 133 Å². The van der Waals surface area contributed by atoms with E-state index in [1.54, 1.807) is 43.3 Å². The smallest absolute Gasteiger partial charge is 0.336 e. The normalized spacial score (nSPS) is 9.86. The van der Waals surface area contributed by atoms with E-state index < -0.39 is 5.97 Å². The molecule has 112 valence electrons. The van der Waals surface area contributed by atoms with Crippen LogP contribution >= 0.6 is 12.2 Å². The lowest BCUT2D eigenvalue weighted by molar-refractivity contribution is 0.0696. The van der Waals surface area contributed by atoms with Gasteiger partial charge in [-0.2, -0.15) is 0 Å². The molecule has 2 aromatic carbocycles. The van der Waals surface area contributed by atoms with E-state index in [0.29, 0.717) is 16.8 Å². The number of aromatic carboxylic acids is 1. The molecule has 0 aliphatic heterocycles. The third-order valence-electron chi connectivity index (χ3n) is 3.08. The molecule has 3 N–H and O–H groups in total. The molecule has 0 aliphatic carbocycles. The van der Waals surface area contributed by atoms with Crippen molar-refractivity contribution >= 4 is 34.9 Å². The summed E-state index contributed by atoms with van der Waals surface area (Å²) in [6, 6.07) is 13.5. The van der Waals surface area contributed by atoms with Crippen LogP contribution in [0.4, 0.5) is 5.69 Å². The fraction of sp³-hybridized carbons (Fsp3) is 0.0625. The summed E-state index contributed by atoms with van der Waals surface area (Å²) in [4.78, 5) is 23.1. The highest BCUT2D eigenvalue weighted by Crippen LogP contribution is 2.18. The lowest BCUT2D eigenvalue weighted by Gasteiger charge is -2.13. The molecule has 1 amide bonds. The maximum atomic E-state index is 12.0. The number of hydrogen-bond donors (Lipinski definition) is 3. The van der Waals surface area contributed by atoms with Crippen LogP contribution in [0, 0.1) is 6.92 Å². The number of carboxylic acids is 1. The average Bonchev–Trinajstić information content (AvgIpc) is 2.50. The Kier molecular flexibility index (Phi) is 4.85. The molecule has 0 aromatic heterocycles. The Balaban J connectivity index is 2.08. The predicted molar refractivity (Wildman–Crippen MR) is 88.3 cm³/mol. The van der Waals surface area contributed by atoms with E-state index >= 15 is 0 Å². The van der Waals surface area contributed by atoms with E-state index in [9.17, 15) is 9.59 Å². The molecule has 0 spiro atoms. The molecule has 0 saturated carbocycles. The first-order chi connectivity index (χ1) is 10.5. The minimum Gasteiger partial charge on any atom is -0.478 e. The molecule has 0 heterocycles. The van der Waals surface area contributed by atoms with Gasteiger partial charge in [-0.1, -0.05) is 24.3 Å². The molecule has 0 atom stereocenters.